The van der Waals surface area contributed by atoms with Crippen molar-refractivity contribution in [2.24, 2.45) is 11.1 Å². The summed E-state index contributed by atoms with van der Waals surface area (Å²) < 4.78 is 4.95. The van der Waals surface area contributed by atoms with Crippen molar-refractivity contribution in [3.63, 3.8) is 0 Å². The van der Waals surface area contributed by atoms with Gasteiger partial charge in [-0.05, 0) is 5.41 Å². The molecule has 0 saturated carbocycles. The Morgan fingerprint density at radius 2 is 2.19 bits per heavy atom. The number of nitrogens with two attached hydrogens (primary N) is 1. The van der Waals surface area contributed by atoms with E-state index >= 15 is 0 Å². The molecule has 0 bridgehead atoms. The van der Waals surface area contributed by atoms with Gasteiger partial charge >= 0.3 is 0 Å². The minimum Gasteiger partial charge on any atom is -0.378 e. The molecule has 5 nitrogen and oxygen atoms in total. The molecule has 0 aliphatic rings. The molecular formula is C11H19N3O2. The average Bonchev–Trinajstić information content (AvgIpc) is 2.14. The van der Waals surface area contributed by atoms with Crippen LogP contribution in [0.2, 0.25) is 0 Å². The lowest BCUT2D eigenvalue weighted by molar-refractivity contribution is 0.180. The van der Waals surface area contributed by atoms with E-state index in [0.29, 0.717) is 18.1 Å². The summed E-state index contributed by atoms with van der Waals surface area (Å²) in [4.78, 5) is 18.4. The third-order valence-electron chi connectivity index (χ3n) is 2.33. The number of nitrogens with one attached hydrogen (secondary N) is 1. The molecule has 3 N–H and O–H groups in total. The van der Waals surface area contributed by atoms with E-state index in [4.69, 9.17) is 10.5 Å². The van der Waals surface area contributed by atoms with Gasteiger partial charge in [-0.1, -0.05) is 20.8 Å². The zero-order valence-corrected chi connectivity index (χ0v) is 10.2. The number of hydrogen-bond acceptors (Lipinski definition) is 4. The van der Waals surface area contributed by atoms with Gasteiger partial charge in [-0.15, -0.1) is 0 Å². The molecule has 90 valence electrons. The van der Waals surface area contributed by atoms with Crippen LogP contribution in [0.25, 0.3) is 0 Å². The molecule has 1 aromatic heterocycles. The van der Waals surface area contributed by atoms with Crippen molar-refractivity contribution < 1.29 is 4.74 Å². The molecule has 1 rings (SSSR count). The number of aromatic nitrogens is 2. The summed E-state index contributed by atoms with van der Waals surface area (Å²) in [6.45, 7) is 6.32. The molecule has 1 heterocycles. The van der Waals surface area contributed by atoms with Crippen LogP contribution in [0.4, 0.5) is 0 Å². The maximum atomic E-state index is 11.4. The minimum atomic E-state index is -0.308. The zero-order chi connectivity index (χ0) is 12.3. The first kappa shape index (κ1) is 12.9. The first-order valence-electron chi connectivity index (χ1n) is 5.19. The molecule has 0 aromatic carbocycles. The number of hydrogen-bond donors (Lipinski definition) is 2. The fourth-order valence-corrected chi connectivity index (χ4v) is 1.31. The fourth-order valence-electron chi connectivity index (χ4n) is 1.31. The van der Waals surface area contributed by atoms with Gasteiger partial charge in [0.2, 0.25) is 0 Å². The van der Waals surface area contributed by atoms with Gasteiger partial charge in [0.1, 0.15) is 5.82 Å². The van der Waals surface area contributed by atoms with Crippen LogP contribution in [0, 0.1) is 5.41 Å². The van der Waals surface area contributed by atoms with E-state index < -0.39 is 0 Å². The first-order chi connectivity index (χ1) is 7.34. The molecule has 0 fully saturated rings. The van der Waals surface area contributed by atoms with Crippen molar-refractivity contribution in [1.29, 1.82) is 0 Å². The largest absolute Gasteiger partial charge is 0.378 e. The lowest BCUT2D eigenvalue weighted by atomic mass is 9.87. The van der Waals surface area contributed by atoms with E-state index in [1.54, 1.807) is 7.11 Å². The van der Waals surface area contributed by atoms with Crippen LogP contribution < -0.4 is 11.3 Å². The van der Waals surface area contributed by atoms with Crippen LogP contribution in [-0.4, -0.2) is 17.1 Å². The third-order valence-corrected chi connectivity index (χ3v) is 2.33. The zero-order valence-electron chi connectivity index (χ0n) is 10.2. The number of aromatic amines is 1. The summed E-state index contributed by atoms with van der Waals surface area (Å²) in [7, 11) is 1.56. The van der Waals surface area contributed by atoms with E-state index in [2.05, 4.69) is 9.97 Å². The van der Waals surface area contributed by atoms with Crippen LogP contribution in [0.5, 0.6) is 0 Å². The predicted octanol–water partition coefficient (Wildman–Crippen LogP) is 0.962. The Morgan fingerprint density at radius 3 is 2.69 bits per heavy atom. The van der Waals surface area contributed by atoms with Crippen LogP contribution in [0.3, 0.4) is 0 Å². The van der Waals surface area contributed by atoms with Gasteiger partial charge in [0, 0.05) is 13.2 Å². The highest BCUT2D eigenvalue weighted by molar-refractivity contribution is 5.06. The first-order valence-corrected chi connectivity index (χ1v) is 5.19. The Morgan fingerprint density at radius 1 is 1.56 bits per heavy atom. The lowest BCUT2D eigenvalue weighted by Crippen LogP contribution is -2.30. The lowest BCUT2D eigenvalue weighted by Gasteiger charge is -2.26. The fraction of sp³-hybridized carbons (Fsp3) is 0.636. The molecule has 0 radical (unpaired) electrons. The van der Waals surface area contributed by atoms with Gasteiger partial charge in [0.25, 0.3) is 5.56 Å². The van der Waals surface area contributed by atoms with Gasteiger partial charge in [0.15, 0.2) is 0 Å². The van der Waals surface area contributed by atoms with E-state index in [0.717, 1.165) is 0 Å². The van der Waals surface area contributed by atoms with Crippen molar-refractivity contribution in [2.45, 2.75) is 33.4 Å². The van der Waals surface area contributed by atoms with Gasteiger partial charge < -0.3 is 15.5 Å². The molecule has 1 unspecified atom stereocenters. The maximum absolute atomic E-state index is 11.4. The van der Waals surface area contributed by atoms with Gasteiger partial charge in [0.05, 0.1) is 18.3 Å². The summed E-state index contributed by atoms with van der Waals surface area (Å²) in [6.07, 6.45) is 0. The quantitative estimate of drug-likeness (QED) is 0.803. The SMILES string of the molecule is COCc1cc(=O)[nH]c(C(N)C(C)(C)C)n1. The molecule has 1 atom stereocenters. The number of H-pyrrole nitrogens is 1. The number of nitrogens with zero attached hydrogens (tertiary/aromatic N) is 1. The molecule has 1 aromatic rings. The van der Waals surface area contributed by atoms with E-state index in [1.165, 1.54) is 6.07 Å². The topological polar surface area (TPSA) is 81.0 Å². The molecule has 16 heavy (non-hydrogen) atoms. The van der Waals surface area contributed by atoms with Gasteiger partial charge in [-0.2, -0.15) is 0 Å². The van der Waals surface area contributed by atoms with Crippen LogP contribution in [0.15, 0.2) is 10.9 Å². The summed E-state index contributed by atoms with van der Waals surface area (Å²) in [5.74, 6) is 0.507. The number of ether oxygens (including phenoxy) is 1. The normalized spacial score (nSPS) is 13.8. The van der Waals surface area contributed by atoms with Crippen molar-refractivity contribution in [3.05, 3.63) is 27.9 Å². The van der Waals surface area contributed by atoms with Crippen LogP contribution in [-0.2, 0) is 11.3 Å². The smallest absolute Gasteiger partial charge is 0.251 e. The average molecular weight is 225 g/mol. The van der Waals surface area contributed by atoms with Crippen molar-refractivity contribution in [2.75, 3.05) is 7.11 Å². The Balaban J connectivity index is 3.10. The number of rotatable bonds is 3. The Hall–Kier alpha value is -1.20. The summed E-state index contributed by atoms with van der Waals surface area (Å²) in [5.41, 5.74) is 6.28. The summed E-state index contributed by atoms with van der Waals surface area (Å²) in [5, 5.41) is 0. The van der Waals surface area contributed by atoms with Crippen LogP contribution >= 0.6 is 0 Å². The van der Waals surface area contributed by atoms with Gasteiger partial charge in [-0.3, -0.25) is 4.79 Å². The highest BCUT2D eigenvalue weighted by Gasteiger charge is 2.24. The maximum Gasteiger partial charge on any atom is 0.251 e. The summed E-state index contributed by atoms with van der Waals surface area (Å²) in [6, 6.07) is 1.11. The summed E-state index contributed by atoms with van der Waals surface area (Å²) >= 11 is 0. The molecular weight excluding hydrogens is 206 g/mol. The minimum absolute atomic E-state index is 0.151. The molecule has 0 spiro atoms. The Kier molecular flexibility index (Phi) is 3.83. The Bertz CT molecular complexity index is 406. The second-order valence-electron chi connectivity index (χ2n) is 4.90. The van der Waals surface area contributed by atoms with Gasteiger partial charge in [-0.25, -0.2) is 4.98 Å². The Labute approximate surface area is 95.0 Å². The second kappa shape index (κ2) is 4.76. The van der Waals surface area contributed by atoms with E-state index in [-0.39, 0.29) is 17.0 Å². The van der Waals surface area contributed by atoms with E-state index in [9.17, 15) is 4.79 Å². The highest BCUT2D eigenvalue weighted by Crippen LogP contribution is 2.27. The third kappa shape index (κ3) is 3.15. The molecule has 0 aliphatic heterocycles. The highest BCUT2D eigenvalue weighted by atomic mass is 16.5. The van der Waals surface area contributed by atoms with Crippen molar-refractivity contribution in [3.8, 4) is 0 Å². The predicted molar refractivity (Wildman–Crippen MR) is 62.0 cm³/mol. The number of methoxy groups -OCH3 is 1. The van der Waals surface area contributed by atoms with E-state index in [1.807, 2.05) is 20.8 Å². The standard InChI is InChI=1S/C11H19N3O2/c1-11(2,3)9(12)10-13-7(6-16-4)5-8(15)14-10/h5,9H,6,12H2,1-4H3,(H,13,14,15). The van der Waals surface area contributed by atoms with Crippen LogP contribution in [0.1, 0.15) is 38.3 Å². The molecule has 0 saturated heterocycles. The molecule has 5 heteroatoms. The monoisotopic (exact) mass is 225 g/mol. The second-order valence-corrected chi connectivity index (χ2v) is 4.90. The van der Waals surface area contributed by atoms with Crippen molar-refractivity contribution >= 4 is 0 Å². The van der Waals surface area contributed by atoms with Crippen molar-refractivity contribution in [1.82, 2.24) is 9.97 Å². The molecule has 0 aliphatic carbocycles. The molecule has 0 amide bonds.